The first-order valence-corrected chi connectivity index (χ1v) is 11.6. The smallest absolute Gasteiger partial charge is 0.245 e. The average Bonchev–Trinajstić information content (AvgIpc) is 3.40. The lowest BCUT2D eigenvalue weighted by atomic mass is 10.0. The number of benzene rings is 1. The lowest BCUT2D eigenvalue weighted by molar-refractivity contribution is -0.136. The van der Waals surface area contributed by atoms with Crippen molar-refractivity contribution in [1.29, 1.82) is 0 Å². The first kappa shape index (κ1) is 22.3. The molecule has 0 spiro atoms. The van der Waals surface area contributed by atoms with Crippen LogP contribution in [0.4, 0.5) is 0 Å². The molecule has 8 nitrogen and oxygen atoms in total. The maximum Gasteiger partial charge on any atom is 0.245 e. The fourth-order valence-electron chi connectivity index (χ4n) is 4.79. The van der Waals surface area contributed by atoms with Gasteiger partial charge in [0.1, 0.15) is 6.04 Å². The van der Waals surface area contributed by atoms with Gasteiger partial charge >= 0.3 is 0 Å². The van der Waals surface area contributed by atoms with Gasteiger partial charge < -0.3 is 20.1 Å². The Morgan fingerprint density at radius 3 is 2.50 bits per heavy atom. The molecule has 2 aliphatic rings. The SMILES string of the molecule is CC(=O)NC(Cc1c[nH]c2ccccc12)C(=O)N1CCCN(CC(=O)N2CCCC2)CC1. The summed E-state index contributed by atoms with van der Waals surface area (Å²) >= 11 is 0. The third-order valence-corrected chi connectivity index (χ3v) is 6.49. The molecule has 0 bridgehead atoms. The molecule has 32 heavy (non-hydrogen) atoms. The molecule has 2 aliphatic heterocycles. The Kier molecular flexibility index (Phi) is 7.09. The Morgan fingerprint density at radius 1 is 0.969 bits per heavy atom. The van der Waals surface area contributed by atoms with Gasteiger partial charge in [0.25, 0.3) is 0 Å². The van der Waals surface area contributed by atoms with Gasteiger partial charge in [-0.05, 0) is 30.9 Å². The van der Waals surface area contributed by atoms with Crippen LogP contribution in [0.25, 0.3) is 10.9 Å². The van der Waals surface area contributed by atoms with E-state index >= 15 is 0 Å². The number of amides is 3. The maximum atomic E-state index is 13.4. The van der Waals surface area contributed by atoms with Crippen molar-refractivity contribution in [2.75, 3.05) is 45.8 Å². The van der Waals surface area contributed by atoms with Crippen LogP contribution < -0.4 is 5.32 Å². The lowest BCUT2D eigenvalue weighted by Crippen LogP contribution is -2.50. The molecular weight excluding hydrogens is 406 g/mol. The normalized spacial score (nSPS) is 18.5. The second kappa shape index (κ2) is 10.2. The Balaban J connectivity index is 1.39. The predicted molar refractivity (Wildman–Crippen MR) is 123 cm³/mol. The van der Waals surface area contributed by atoms with Gasteiger partial charge in [-0.25, -0.2) is 0 Å². The van der Waals surface area contributed by atoms with E-state index in [-0.39, 0.29) is 17.7 Å². The Morgan fingerprint density at radius 2 is 1.72 bits per heavy atom. The number of para-hydroxylation sites is 1. The minimum Gasteiger partial charge on any atom is -0.361 e. The zero-order valence-electron chi connectivity index (χ0n) is 18.8. The zero-order chi connectivity index (χ0) is 22.5. The first-order valence-electron chi connectivity index (χ1n) is 11.6. The molecule has 1 unspecified atom stereocenters. The minimum atomic E-state index is -0.607. The number of nitrogens with zero attached hydrogens (tertiary/aromatic N) is 3. The number of carbonyl (C=O) groups excluding carboxylic acids is 3. The topological polar surface area (TPSA) is 88.7 Å². The van der Waals surface area contributed by atoms with E-state index in [1.807, 2.05) is 40.3 Å². The molecule has 0 aliphatic carbocycles. The molecule has 4 rings (SSSR count). The quantitative estimate of drug-likeness (QED) is 0.712. The Labute approximate surface area is 188 Å². The molecule has 1 aromatic heterocycles. The van der Waals surface area contributed by atoms with Crippen LogP contribution in [0.2, 0.25) is 0 Å². The molecule has 3 amide bonds. The van der Waals surface area contributed by atoms with Crippen LogP contribution in [0.5, 0.6) is 0 Å². The van der Waals surface area contributed by atoms with Crippen LogP contribution in [-0.4, -0.2) is 89.3 Å². The van der Waals surface area contributed by atoms with Crippen LogP contribution in [-0.2, 0) is 20.8 Å². The largest absolute Gasteiger partial charge is 0.361 e. The average molecular weight is 440 g/mol. The number of nitrogens with one attached hydrogen (secondary N) is 2. The van der Waals surface area contributed by atoms with Gasteiger partial charge in [0, 0.05) is 69.7 Å². The number of H-pyrrole nitrogens is 1. The van der Waals surface area contributed by atoms with Crippen LogP contribution in [0.1, 0.15) is 31.7 Å². The number of carbonyl (C=O) groups is 3. The van der Waals surface area contributed by atoms with E-state index in [4.69, 9.17) is 0 Å². The molecule has 1 atom stereocenters. The van der Waals surface area contributed by atoms with Crippen molar-refractivity contribution in [3.63, 3.8) is 0 Å². The number of fused-ring (bicyclic) bond motifs is 1. The van der Waals surface area contributed by atoms with Crippen molar-refractivity contribution >= 4 is 28.6 Å². The summed E-state index contributed by atoms with van der Waals surface area (Å²) in [5.41, 5.74) is 2.03. The molecule has 0 radical (unpaired) electrons. The molecule has 2 fully saturated rings. The highest BCUT2D eigenvalue weighted by atomic mass is 16.2. The summed E-state index contributed by atoms with van der Waals surface area (Å²) in [4.78, 5) is 46.9. The summed E-state index contributed by atoms with van der Waals surface area (Å²) in [5, 5.41) is 3.93. The summed E-state index contributed by atoms with van der Waals surface area (Å²) in [6.45, 7) is 6.28. The van der Waals surface area contributed by atoms with Crippen molar-refractivity contribution in [2.24, 2.45) is 0 Å². The van der Waals surface area contributed by atoms with Crippen molar-refractivity contribution in [2.45, 2.75) is 38.6 Å². The first-order chi connectivity index (χ1) is 15.5. The van der Waals surface area contributed by atoms with E-state index in [0.29, 0.717) is 32.6 Å². The summed E-state index contributed by atoms with van der Waals surface area (Å²) in [6, 6.07) is 7.36. The Bertz CT molecular complexity index is 965. The van der Waals surface area contributed by atoms with E-state index in [9.17, 15) is 14.4 Å². The van der Waals surface area contributed by atoms with Crippen LogP contribution in [0.15, 0.2) is 30.5 Å². The minimum absolute atomic E-state index is 0.0572. The van der Waals surface area contributed by atoms with Crippen molar-refractivity contribution in [3.05, 3.63) is 36.0 Å². The Hall–Kier alpha value is -2.87. The molecule has 8 heteroatoms. The van der Waals surface area contributed by atoms with Gasteiger partial charge in [0.05, 0.1) is 6.54 Å². The standard InChI is InChI=1S/C24H33N5O3/c1-18(30)26-22(15-19-16-25-21-8-3-2-7-20(19)21)24(32)29-12-6-9-27(13-14-29)17-23(31)28-10-4-5-11-28/h2-3,7-8,16,22,25H,4-6,9-15,17H2,1H3,(H,26,30). The molecule has 172 valence electrons. The number of rotatable bonds is 6. The van der Waals surface area contributed by atoms with E-state index < -0.39 is 6.04 Å². The van der Waals surface area contributed by atoms with Gasteiger partial charge in [-0.3, -0.25) is 19.3 Å². The van der Waals surface area contributed by atoms with Gasteiger partial charge in [-0.15, -0.1) is 0 Å². The number of hydrogen-bond acceptors (Lipinski definition) is 4. The van der Waals surface area contributed by atoms with E-state index in [2.05, 4.69) is 15.2 Å². The van der Waals surface area contributed by atoms with E-state index in [1.165, 1.54) is 6.92 Å². The third kappa shape index (κ3) is 5.30. The highest BCUT2D eigenvalue weighted by molar-refractivity contribution is 5.89. The van der Waals surface area contributed by atoms with Crippen LogP contribution >= 0.6 is 0 Å². The number of likely N-dealkylation sites (tertiary alicyclic amines) is 1. The number of hydrogen-bond donors (Lipinski definition) is 2. The highest BCUT2D eigenvalue weighted by Gasteiger charge is 2.29. The lowest BCUT2D eigenvalue weighted by Gasteiger charge is -2.27. The summed E-state index contributed by atoms with van der Waals surface area (Å²) in [7, 11) is 0. The second-order valence-electron chi connectivity index (χ2n) is 8.86. The third-order valence-electron chi connectivity index (χ3n) is 6.49. The molecular formula is C24H33N5O3. The van der Waals surface area contributed by atoms with Crippen molar-refractivity contribution in [3.8, 4) is 0 Å². The van der Waals surface area contributed by atoms with Gasteiger partial charge in [0.15, 0.2) is 0 Å². The monoisotopic (exact) mass is 439 g/mol. The van der Waals surface area contributed by atoms with Gasteiger partial charge in [-0.2, -0.15) is 0 Å². The fraction of sp³-hybridized carbons (Fsp3) is 0.542. The van der Waals surface area contributed by atoms with Crippen LogP contribution in [0, 0.1) is 0 Å². The van der Waals surface area contributed by atoms with Crippen LogP contribution in [0.3, 0.4) is 0 Å². The van der Waals surface area contributed by atoms with Crippen molar-refractivity contribution in [1.82, 2.24) is 25.0 Å². The zero-order valence-corrected chi connectivity index (χ0v) is 18.8. The maximum absolute atomic E-state index is 13.4. The number of aromatic amines is 1. The molecule has 2 N–H and O–H groups in total. The van der Waals surface area contributed by atoms with E-state index in [1.54, 1.807) is 0 Å². The van der Waals surface area contributed by atoms with Gasteiger partial charge in [-0.1, -0.05) is 18.2 Å². The fourth-order valence-corrected chi connectivity index (χ4v) is 4.79. The summed E-state index contributed by atoms with van der Waals surface area (Å²) in [6.07, 6.45) is 5.36. The second-order valence-corrected chi connectivity index (χ2v) is 8.86. The molecule has 0 saturated carbocycles. The molecule has 2 aromatic rings. The summed E-state index contributed by atoms with van der Waals surface area (Å²) < 4.78 is 0. The highest BCUT2D eigenvalue weighted by Crippen LogP contribution is 2.20. The van der Waals surface area contributed by atoms with Crippen molar-refractivity contribution < 1.29 is 14.4 Å². The molecule has 3 heterocycles. The number of aromatic nitrogens is 1. The predicted octanol–water partition coefficient (Wildman–Crippen LogP) is 1.37. The molecule has 1 aromatic carbocycles. The summed E-state index contributed by atoms with van der Waals surface area (Å²) in [5.74, 6) is -0.0771. The molecule has 2 saturated heterocycles. The van der Waals surface area contributed by atoms with Gasteiger partial charge in [0.2, 0.25) is 17.7 Å². The van der Waals surface area contributed by atoms with E-state index in [0.717, 1.165) is 55.4 Å².